The van der Waals surface area contributed by atoms with Gasteiger partial charge in [0, 0.05) is 22.0 Å². The van der Waals surface area contributed by atoms with Gasteiger partial charge in [-0.1, -0.05) is 39.9 Å². The maximum Gasteiger partial charge on any atom is 0.237 e. The molecule has 3 nitrogen and oxygen atoms in total. The number of thioether (sulfide) groups is 1. The maximum absolute atomic E-state index is 12.2. The SMILES string of the molecule is CCN(CC)C(=S)SC(C)C(=O)Nc1ccc(Br)cc1Br. The van der Waals surface area contributed by atoms with Crippen LogP contribution >= 0.6 is 55.8 Å². The van der Waals surface area contributed by atoms with E-state index < -0.39 is 0 Å². The zero-order valence-electron chi connectivity index (χ0n) is 12.2. The molecule has 0 fully saturated rings. The molecule has 1 amide bonds. The first-order chi connectivity index (χ1) is 9.88. The molecule has 0 saturated heterocycles. The van der Waals surface area contributed by atoms with Crippen molar-refractivity contribution < 1.29 is 4.79 Å². The van der Waals surface area contributed by atoms with Crippen molar-refractivity contribution in [1.29, 1.82) is 0 Å². The van der Waals surface area contributed by atoms with Crippen molar-refractivity contribution >= 4 is 71.8 Å². The van der Waals surface area contributed by atoms with Crippen LogP contribution in [0.15, 0.2) is 27.1 Å². The second-order valence-electron chi connectivity index (χ2n) is 4.31. The summed E-state index contributed by atoms with van der Waals surface area (Å²) < 4.78 is 2.56. The van der Waals surface area contributed by atoms with E-state index in [2.05, 4.69) is 55.9 Å². The lowest BCUT2D eigenvalue weighted by Gasteiger charge is -2.23. The molecule has 116 valence electrons. The molecule has 0 aliphatic rings. The number of rotatable bonds is 5. The number of nitrogens with zero attached hydrogens (tertiary/aromatic N) is 1. The molecule has 1 atom stereocenters. The van der Waals surface area contributed by atoms with E-state index in [-0.39, 0.29) is 11.2 Å². The molecule has 0 spiro atoms. The average molecular weight is 454 g/mol. The molecular weight excluding hydrogens is 436 g/mol. The van der Waals surface area contributed by atoms with Crippen LogP contribution in [0.25, 0.3) is 0 Å². The van der Waals surface area contributed by atoms with Crippen LogP contribution in [0.5, 0.6) is 0 Å². The molecule has 0 bridgehead atoms. The van der Waals surface area contributed by atoms with Crippen LogP contribution in [0.3, 0.4) is 0 Å². The zero-order valence-corrected chi connectivity index (χ0v) is 17.0. The summed E-state index contributed by atoms with van der Waals surface area (Å²) in [6.45, 7) is 7.69. The summed E-state index contributed by atoms with van der Waals surface area (Å²) in [5.41, 5.74) is 0.754. The summed E-state index contributed by atoms with van der Waals surface area (Å²) >= 11 is 13.6. The Labute approximate surface area is 152 Å². The number of carbonyl (C=O) groups is 1. The van der Waals surface area contributed by atoms with Crippen LogP contribution < -0.4 is 5.32 Å². The van der Waals surface area contributed by atoms with Gasteiger partial charge in [-0.15, -0.1) is 0 Å². The van der Waals surface area contributed by atoms with E-state index in [0.717, 1.165) is 32.0 Å². The minimum absolute atomic E-state index is 0.0578. The minimum Gasteiger partial charge on any atom is -0.358 e. The lowest BCUT2D eigenvalue weighted by Crippen LogP contribution is -2.31. The smallest absolute Gasteiger partial charge is 0.237 e. The highest BCUT2D eigenvalue weighted by Crippen LogP contribution is 2.27. The number of amides is 1. The van der Waals surface area contributed by atoms with E-state index in [0.29, 0.717) is 0 Å². The number of nitrogens with one attached hydrogen (secondary N) is 1. The Kier molecular flexibility index (Phi) is 8.23. The summed E-state index contributed by atoms with van der Waals surface area (Å²) in [5, 5.41) is 2.67. The first-order valence-electron chi connectivity index (χ1n) is 6.60. The van der Waals surface area contributed by atoms with Crippen molar-refractivity contribution in [2.24, 2.45) is 0 Å². The molecule has 21 heavy (non-hydrogen) atoms. The van der Waals surface area contributed by atoms with Crippen molar-refractivity contribution in [1.82, 2.24) is 4.90 Å². The fourth-order valence-corrected chi connectivity index (χ4v) is 4.30. The van der Waals surface area contributed by atoms with Gasteiger partial charge in [-0.05, 0) is 54.9 Å². The molecule has 1 aromatic rings. The van der Waals surface area contributed by atoms with Crippen molar-refractivity contribution in [2.75, 3.05) is 18.4 Å². The quantitative estimate of drug-likeness (QED) is 0.642. The number of anilines is 1. The summed E-state index contributed by atoms with van der Waals surface area (Å²) in [5.74, 6) is -0.0578. The monoisotopic (exact) mass is 452 g/mol. The van der Waals surface area contributed by atoms with Crippen LogP contribution in [0.4, 0.5) is 5.69 Å². The molecule has 0 saturated carbocycles. The highest BCUT2D eigenvalue weighted by atomic mass is 79.9. The zero-order chi connectivity index (χ0) is 16.0. The van der Waals surface area contributed by atoms with Crippen molar-refractivity contribution in [3.8, 4) is 0 Å². The van der Waals surface area contributed by atoms with Gasteiger partial charge in [0.1, 0.15) is 4.32 Å². The standard InChI is InChI=1S/C14H18Br2N2OS2/c1-4-18(5-2)14(20)21-9(3)13(19)17-12-7-6-10(15)8-11(12)16/h6-9H,4-5H2,1-3H3,(H,17,19). The number of hydrogen-bond donors (Lipinski definition) is 1. The molecule has 0 aromatic heterocycles. The molecule has 1 rings (SSSR count). The highest BCUT2D eigenvalue weighted by molar-refractivity contribution is 9.11. The summed E-state index contributed by atoms with van der Waals surface area (Å²) in [6.07, 6.45) is 0. The molecule has 1 N–H and O–H groups in total. The molecule has 0 heterocycles. The normalized spacial score (nSPS) is 11.9. The van der Waals surface area contributed by atoms with Crippen LogP contribution in [-0.4, -0.2) is 33.5 Å². The molecule has 1 aromatic carbocycles. The predicted molar refractivity (Wildman–Crippen MR) is 103 cm³/mol. The molecule has 0 radical (unpaired) electrons. The Balaban J connectivity index is 2.64. The van der Waals surface area contributed by atoms with Gasteiger partial charge in [0.25, 0.3) is 0 Å². The molecule has 7 heteroatoms. The number of hydrogen-bond acceptors (Lipinski definition) is 3. The first-order valence-corrected chi connectivity index (χ1v) is 9.47. The number of carbonyl (C=O) groups excluding carboxylic acids is 1. The second-order valence-corrected chi connectivity index (χ2v) is 8.06. The van der Waals surface area contributed by atoms with Crippen molar-refractivity contribution in [3.05, 3.63) is 27.1 Å². The predicted octanol–water partition coefficient (Wildman–Crippen LogP) is 4.90. The fraction of sp³-hybridized carbons (Fsp3) is 0.429. The molecule has 1 unspecified atom stereocenters. The Hall–Kier alpha value is -0.110. The third kappa shape index (κ3) is 5.88. The topological polar surface area (TPSA) is 32.3 Å². The third-order valence-corrected chi connectivity index (χ3v) is 5.58. The third-order valence-electron chi connectivity index (χ3n) is 2.86. The Morgan fingerprint density at radius 3 is 2.52 bits per heavy atom. The van der Waals surface area contributed by atoms with Gasteiger partial charge in [-0.3, -0.25) is 4.79 Å². The average Bonchev–Trinajstić information content (AvgIpc) is 2.43. The van der Waals surface area contributed by atoms with Gasteiger partial charge in [0.2, 0.25) is 5.91 Å². The Morgan fingerprint density at radius 1 is 1.38 bits per heavy atom. The van der Waals surface area contributed by atoms with Crippen LogP contribution in [0.1, 0.15) is 20.8 Å². The van der Waals surface area contributed by atoms with E-state index in [1.165, 1.54) is 11.8 Å². The Morgan fingerprint density at radius 2 is 2.00 bits per heavy atom. The van der Waals surface area contributed by atoms with E-state index in [4.69, 9.17) is 12.2 Å². The minimum atomic E-state index is -0.242. The van der Waals surface area contributed by atoms with E-state index >= 15 is 0 Å². The molecule has 0 aliphatic heterocycles. The van der Waals surface area contributed by atoms with Crippen molar-refractivity contribution in [2.45, 2.75) is 26.0 Å². The summed E-state index contributed by atoms with van der Waals surface area (Å²) in [6, 6.07) is 5.64. The van der Waals surface area contributed by atoms with E-state index in [1.54, 1.807) is 0 Å². The Bertz CT molecular complexity index is 522. The molecule has 0 aliphatic carbocycles. The van der Waals surface area contributed by atoms with E-state index in [9.17, 15) is 4.79 Å². The fourth-order valence-electron chi connectivity index (χ4n) is 1.59. The number of thiocarbonyl (C=S) groups is 1. The van der Waals surface area contributed by atoms with Gasteiger partial charge in [-0.25, -0.2) is 0 Å². The largest absolute Gasteiger partial charge is 0.358 e. The lowest BCUT2D eigenvalue weighted by molar-refractivity contribution is -0.115. The van der Waals surface area contributed by atoms with Gasteiger partial charge in [0.05, 0.1) is 10.9 Å². The van der Waals surface area contributed by atoms with Gasteiger partial charge in [0.15, 0.2) is 0 Å². The van der Waals surface area contributed by atoms with Gasteiger partial charge in [-0.2, -0.15) is 0 Å². The molecular formula is C14H18Br2N2OS2. The summed E-state index contributed by atoms with van der Waals surface area (Å²) in [4.78, 5) is 14.3. The van der Waals surface area contributed by atoms with Crippen LogP contribution in [-0.2, 0) is 4.79 Å². The lowest BCUT2D eigenvalue weighted by atomic mass is 10.3. The maximum atomic E-state index is 12.2. The van der Waals surface area contributed by atoms with Gasteiger partial charge >= 0.3 is 0 Å². The van der Waals surface area contributed by atoms with Gasteiger partial charge < -0.3 is 10.2 Å². The van der Waals surface area contributed by atoms with Crippen LogP contribution in [0, 0.1) is 0 Å². The van der Waals surface area contributed by atoms with Crippen molar-refractivity contribution in [3.63, 3.8) is 0 Å². The second kappa shape index (κ2) is 9.12. The van der Waals surface area contributed by atoms with E-state index in [1.807, 2.05) is 25.1 Å². The number of halogens is 2. The highest BCUT2D eigenvalue weighted by Gasteiger charge is 2.19. The van der Waals surface area contributed by atoms with Crippen LogP contribution in [0.2, 0.25) is 0 Å². The summed E-state index contributed by atoms with van der Waals surface area (Å²) in [7, 11) is 0. The first kappa shape index (κ1) is 18.9. The number of benzene rings is 1.